The van der Waals surface area contributed by atoms with Gasteiger partial charge < -0.3 is 15.1 Å². The van der Waals surface area contributed by atoms with E-state index in [1.165, 1.54) is 9.75 Å². The lowest BCUT2D eigenvalue weighted by molar-refractivity contribution is 0.507. The van der Waals surface area contributed by atoms with E-state index < -0.39 is 0 Å². The molecule has 24 heavy (non-hydrogen) atoms. The van der Waals surface area contributed by atoms with E-state index in [0.717, 1.165) is 49.9 Å². The van der Waals surface area contributed by atoms with E-state index in [4.69, 9.17) is 9.41 Å². The van der Waals surface area contributed by atoms with Crippen LogP contribution in [0.3, 0.4) is 0 Å². The molecular weight excluding hydrogens is 453 g/mol. The van der Waals surface area contributed by atoms with Crippen LogP contribution in [0.1, 0.15) is 22.4 Å². The molecule has 0 aliphatic rings. The topological polar surface area (TPSA) is 49.6 Å². The summed E-state index contributed by atoms with van der Waals surface area (Å²) in [5.74, 6) is 2.93. The van der Waals surface area contributed by atoms with Gasteiger partial charge in [0.1, 0.15) is 5.76 Å². The number of furan rings is 1. The van der Waals surface area contributed by atoms with Gasteiger partial charge in [-0.25, -0.2) is 4.99 Å². The van der Waals surface area contributed by atoms with Gasteiger partial charge in [0.05, 0.1) is 12.8 Å². The zero-order chi connectivity index (χ0) is 16.3. The van der Waals surface area contributed by atoms with Gasteiger partial charge >= 0.3 is 0 Å². The van der Waals surface area contributed by atoms with Crippen molar-refractivity contribution in [2.45, 2.75) is 26.3 Å². The summed E-state index contributed by atoms with van der Waals surface area (Å²) < 4.78 is 5.36. The Hall–Kier alpha value is -0.670. The van der Waals surface area contributed by atoms with Crippen LogP contribution in [0, 0.1) is 0 Å². The van der Waals surface area contributed by atoms with E-state index in [0.29, 0.717) is 0 Å². The van der Waals surface area contributed by atoms with Crippen LogP contribution < -0.4 is 10.6 Å². The number of halogens is 1. The molecule has 2 heterocycles. The highest BCUT2D eigenvalue weighted by Crippen LogP contribution is 2.17. The molecule has 134 valence electrons. The van der Waals surface area contributed by atoms with Crippen molar-refractivity contribution in [1.82, 2.24) is 10.6 Å². The lowest BCUT2D eigenvalue weighted by Gasteiger charge is -2.11. The van der Waals surface area contributed by atoms with E-state index in [1.807, 2.05) is 35.2 Å². The molecule has 0 saturated heterocycles. The molecule has 0 saturated carbocycles. The van der Waals surface area contributed by atoms with Gasteiger partial charge in [0.2, 0.25) is 0 Å². The molecule has 0 atom stereocenters. The van der Waals surface area contributed by atoms with E-state index in [1.54, 1.807) is 6.26 Å². The first-order valence-corrected chi connectivity index (χ1v) is 10.1. The van der Waals surface area contributed by atoms with Gasteiger partial charge in [0, 0.05) is 35.0 Å². The molecule has 2 rings (SSSR count). The smallest absolute Gasteiger partial charge is 0.191 e. The fourth-order valence-corrected chi connectivity index (χ4v) is 3.25. The third kappa shape index (κ3) is 7.94. The summed E-state index contributed by atoms with van der Waals surface area (Å²) in [6.45, 7) is 4.63. The molecule has 2 N–H and O–H groups in total. The molecule has 2 aromatic heterocycles. The van der Waals surface area contributed by atoms with Gasteiger partial charge in [0.15, 0.2) is 5.96 Å². The van der Waals surface area contributed by atoms with Crippen molar-refractivity contribution in [1.29, 1.82) is 0 Å². The summed E-state index contributed by atoms with van der Waals surface area (Å²) in [6, 6.07) is 8.29. The summed E-state index contributed by atoms with van der Waals surface area (Å²) in [4.78, 5) is 7.42. The molecule has 0 aliphatic carbocycles. The summed E-state index contributed by atoms with van der Waals surface area (Å²) in [6.07, 6.45) is 5.77. The average Bonchev–Trinajstić information content (AvgIpc) is 3.23. The molecule has 0 unspecified atom stereocenters. The van der Waals surface area contributed by atoms with Crippen LogP contribution in [0.15, 0.2) is 39.9 Å². The molecule has 2 aromatic rings. The average molecular weight is 479 g/mol. The minimum atomic E-state index is 0. The predicted octanol–water partition coefficient (Wildman–Crippen LogP) is 4.16. The Labute approximate surface area is 169 Å². The fraction of sp³-hybridized carbons (Fsp3) is 0.471. The van der Waals surface area contributed by atoms with Crippen LogP contribution in [0.4, 0.5) is 0 Å². The van der Waals surface area contributed by atoms with Crippen LogP contribution >= 0.6 is 47.1 Å². The number of aliphatic imine (C=N–C) groups is 1. The Balaban J connectivity index is 0.00000288. The van der Waals surface area contributed by atoms with Gasteiger partial charge in [-0.05, 0) is 36.9 Å². The van der Waals surface area contributed by atoms with Crippen molar-refractivity contribution in [3.05, 3.63) is 46.0 Å². The van der Waals surface area contributed by atoms with Crippen molar-refractivity contribution < 1.29 is 4.42 Å². The second-order valence-corrected chi connectivity index (χ2v) is 7.30. The number of nitrogens with zero attached hydrogens (tertiary/aromatic N) is 1. The number of guanidine groups is 1. The Morgan fingerprint density at radius 3 is 2.67 bits per heavy atom. The largest absolute Gasteiger partial charge is 0.469 e. The molecule has 4 nitrogen and oxygen atoms in total. The number of nitrogens with one attached hydrogen (secondary N) is 2. The molecule has 7 heteroatoms. The Morgan fingerprint density at radius 2 is 2.00 bits per heavy atom. The normalized spacial score (nSPS) is 11.2. The molecule has 0 aliphatic heterocycles. The molecule has 0 radical (unpaired) electrons. The zero-order valence-electron chi connectivity index (χ0n) is 14.2. The zero-order valence-corrected chi connectivity index (χ0v) is 18.2. The van der Waals surface area contributed by atoms with E-state index >= 15 is 0 Å². The SMILES string of the molecule is CCc1ccc(CN=C(NCCSC)NCCc2ccco2)s1.I. The second-order valence-electron chi connectivity index (χ2n) is 5.06. The summed E-state index contributed by atoms with van der Waals surface area (Å²) in [5, 5.41) is 6.77. The number of hydrogen-bond donors (Lipinski definition) is 2. The lowest BCUT2D eigenvalue weighted by Crippen LogP contribution is -2.39. The van der Waals surface area contributed by atoms with Crippen LogP contribution in [-0.4, -0.2) is 31.1 Å². The lowest BCUT2D eigenvalue weighted by atomic mass is 10.3. The van der Waals surface area contributed by atoms with Gasteiger partial charge in [-0.15, -0.1) is 35.3 Å². The van der Waals surface area contributed by atoms with Crippen molar-refractivity contribution in [2.24, 2.45) is 4.99 Å². The van der Waals surface area contributed by atoms with Crippen LogP contribution in [0.5, 0.6) is 0 Å². The quantitative estimate of drug-likeness (QED) is 0.246. The standard InChI is InChI=1S/C17H25N3OS2.HI/c1-3-15-6-7-16(23-15)13-20-17(19-10-12-22-2)18-9-8-14-5-4-11-21-14;/h4-7,11H,3,8-10,12-13H2,1-2H3,(H2,18,19,20);1H. The maximum Gasteiger partial charge on any atom is 0.191 e. The van der Waals surface area contributed by atoms with E-state index in [2.05, 4.69) is 35.9 Å². The van der Waals surface area contributed by atoms with Crippen LogP contribution in [0.2, 0.25) is 0 Å². The first-order valence-electron chi connectivity index (χ1n) is 7.93. The first-order chi connectivity index (χ1) is 11.3. The monoisotopic (exact) mass is 479 g/mol. The first kappa shape index (κ1) is 21.4. The van der Waals surface area contributed by atoms with Crippen molar-refractivity contribution in [3.8, 4) is 0 Å². The molecule has 0 spiro atoms. The third-order valence-corrected chi connectivity index (χ3v) is 5.13. The van der Waals surface area contributed by atoms with E-state index in [9.17, 15) is 0 Å². The fourth-order valence-electron chi connectivity index (χ4n) is 2.06. The molecule has 0 aromatic carbocycles. The van der Waals surface area contributed by atoms with Crippen molar-refractivity contribution in [2.75, 3.05) is 25.1 Å². The number of thioether (sulfide) groups is 1. The van der Waals surface area contributed by atoms with Crippen LogP contribution in [0.25, 0.3) is 0 Å². The summed E-state index contributed by atoms with van der Waals surface area (Å²) >= 11 is 3.67. The van der Waals surface area contributed by atoms with Crippen molar-refractivity contribution in [3.63, 3.8) is 0 Å². The van der Waals surface area contributed by atoms with Crippen molar-refractivity contribution >= 4 is 53.0 Å². The minimum absolute atomic E-state index is 0. The predicted molar refractivity (Wildman–Crippen MR) is 117 cm³/mol. The highest BCUT2D eigenvalue weighted by atomic mass is 127. The molecular formula is C17H26IN3OS2. The molecule has 0 amide bonds. The van der Waals surface area contributed by atoms with E-state index in [-0.39, 0.29) is 24.0 Å². The Morgan fingerprint density at radius 1 is 1.21 bits per heavy atom. The van der Waals surface area contributed by atoms with Gasteiger partial charge in [0.25, 0.3) is 0 Å². The Bertz CT molecular complexity index is 584. The number of hydrogen-bond acceptors (Lipinski definition) is 4. The number of rotatable bonds is 9. The Kier molecular flexibility index (Phi) is 11.3. The van der Waals surface area contributed by atoms with Crippen LogP contribution in [-0.2, 0) is 19.4 Å². The number of thiophene rings is 1. The third-order valence-electron chi connectivity index (χ3n) is 3.30. The second kappa shape index (κ2) is 12.7. The molecule has 0 fully saturated rings. The molecule has 0 bridgehead atoms. The van der Waals surface area contributed by atoms with Gasteiger partial charge in [-0.2, -0.15) is 11.8 Å². The minimum Gasteiger partial charge on any atom is -0.469 e. The highest BCUT2D eigenvalue weighted by molar-refractivity contribution is 14.0. The summed E-state index contributed by atoms with van der Waals surface area (Å²) in [7, 11) is 0. The van der Waals surface area contributed by atoms with Gasteiger partial charge in [-0.1, -0.05) is 6.92 Å². The number of aryl methyl sites for hydroxylation is 1. The maximum absolute atomic E-state index is 5.36. The highest BCUT2D eigenvalue weighted by Gasteiger charge is 2.02. The van der Waals surface area contributed by atoms with Gasteiger partial charge in [-0.3, -0.25) is 0 Å². The summed E-state index contributed by atoms with van der Waals surface area (Å²) in [5.41, 5.74) is 0. The maximum atomic E-state index is 5.36.